The van der Waals surface area contributed by atoms with Crippen LogP contribution in [0, 0.1) is 12.8 Å². The predicted octanol–water partition coefficient (Wildman–Crippen LogP) is 0.534. The van der Waals surface area contributed by atoms with Gasteiger partial charge in [0, 0.05) is 7.05 Å². The Labute approximate surface area is 171 Å². The van der Waals surface area contributed by atoms with Gasteiger partial charge in [-0.2, -0.15) is 4.31 Å². The number of nitrogens with one attached hydrogen (secondary N) is 3. The summed E-state index contributed by atoms with van der Waals surface area (Å²) in [6, 6.07) is 5.28. The first-order valence-electron chi connectivity index (χ1n) is 9.04. The largest absolute Gasteiger partial charge is 0.450 e. The van der Waals surface area contributed by atoms with Crippen molar-refractivity contribution in [2.75, 3.05) is 20.2 Å². The second-order valence-corrected chi connectivity index (χ2v) is 8.74. The van der Waals surface area contributed by atoms with Crippen molar-refractivity contribution in [3.05, 3.63) is 29.8 Å². The number of rotatable bonds is 8. The molecule has 1 atom stereocenters. The summed E-state index contributed by atoms with van der Waals surface area (Å²) in [5.41, 5.74) is 5.24. The SMILES string of the molecule is CCOC(=O)NC(C(=O)NNC(=O)CN(C)S(=O)(=O)c1ccc(C)cc1)C(C)C. The lowest BCUT2D eigenvalue weighted by atomic mass is 10.0. The summed E-state index contributed by atoms with van der Waals surface area (Å²) < 4.78 is 30.6. The number of carbonyl (C=O) groups is 3. The molecule has 29 heavy (non-hydrogen) atoms. The Balaban J connectivity index is 2.65. The highest BCUT2D eigenvalue weighted by atomic mass is 32.2. The summed E-state index contributed by atoms with van der Waals surface area (Å²) in [4.78, 5) is 35.9. The maximum Gasteiger partial charge on any atom is 0.407 e. The number of likely N-dealkylation sites (N-methyl/N-ethyl adjacent to an activating group) is 1. The van der Waals surface area contributed by atoms with Crippen molar-refractivity contribution in [3.8, 4) is 0 Å². The Morgan fingerprint density at radius 2 is 1.69 bits per heavy atom. The molecule has 10 nitrogen and oxygen atoms in total. The Morgan fingerprint density at radius 3 is 2.21 bits per heavy atom. The van der Waals surface area contributed by atoms with E-state index < -0.39 is 40.5 Å². The molecule has 11 heteroatoms. The summed E-state index contributed by atoms with van der Waals surface area (Å²) in [5.74, 6) is -1.68. The third-order valence-electron chi connectivity index (χ3n) is 3.92. The van der Waals surface area contributed by atoms with Crippen LogP contribution in [0.25, 0.3) is 0 Å². The van der Waals surface area contributed by atoms with Gasteiger partial charge in [0.05, 0.1) is 18.0 Å². The highest BCUT2D eigenvalue weighted by Crippen LogP contribution is 2.14. The van der Waals surface area contributed by atoms with Crippen molar-refractivity contribution in [1.82, 2.24) is 20.5 Å². The van der Waals surface area contributed by atoms with Gasteiger partial charge in [0.2, 0.25) is 10.0 Å². The fourth-order valence-corrected chi connectivity index (χ4v) is 3.39. The fraction of sp³-hybridized carbons (Fsp3) is 0.500. The van der Waals surface area contributed by atoms with E-state index in [1.807, 2.05) is 6.92 Å². The summed E-state index contributed by atoms with van der Waals surface area (Å²) in [7, 11) is -2.60. The zero-order valence-electron chi connectivity index (χ0n) is 17.2. The highest BCUT2D eigenvalue weighted by Gasteiger charge is 2.26. The van der Waals surface area contributed by atoms with Crippen molar-refractivity contribution in [1.29, 1.82) is 0 Å². The second kappa shape index (κ2) is 10.8. The topological polar surface area (TPSA) is 134 Å². The quantitative estimate of drug-likeness (QED) is 0.517. The molecule has 3 amide bonds. The van der Waals surface area contributed by atoms with Gasteiger partial charge < -0.3 is 10.1 Å². The molecule has 0 fully saturated rings. The number of amides is 3. The molecule has 0 aliphatic heterocycles. The molecule has 162 valence electrons. The van der Waals surface area contributed by atoms with Gasteiger partial charge in [-0.25, -0.2) is 13.2 Å². The summed E-state index contributed by atoms with van der Waals surface area (Å²) in [6.07, 6.45) is -0.753. The molecule has 0 aromatic heterocycles. The Bertz CT molecular complexity index is 823. The van der Waals surface area contributed by atoms with Crippen LogP contribution in [0.1, 0.15) is 26.3 Å². The summed E-state index contributed by atoms with van der Waals surface area (Å²) >= 11 is 0. The third kappa shape index (κ3) is 7.35. The minimum Gasteiger partial charge on any atom is -0.450 e. The Hall–Kier alpha value is -2.66. The van der Waals surface area contributed by atoms with Gasteiger partial charge in [0.25, 0.3) is 11.8 Å². The molecule has 1 unspecified atom stereocenters. The van der Waals surface area contributed by atoms with Crippen molar-refractivity contribution < 1.29 is 27.5 Å². The summed E-state index contributed by atoms with van der Waals surface area (Å²) in [5, 5.41) is 2.40. The van der Waals surface area contributed by atoms with Gasteiger partial charge >= 0.3 is 6.09 Å². The van der Waals surface area contributed by atoms with Crippen LogP contribution in [0.4, 0.5) is 4.79 Å². The first-order valence-corrected chi connectivity index (χ1v) is 10.5. The fourth-order valence-electron chi connectivity index (χ4n) is 2.26. The lowest BCUT2D eigenvalue weighted by Gasteiger charge is -2.22. The van der Waals surface area contributed by atoms with Gasteiger partial charge in [-0.3, -0.25) is 20.4 Å². The molecular formula is C18H28N4O6S. The van der Waals surface area contributed by atoms with E-state index in [0.717, 1.165) is 9.87 Å². The maximum atomic E-state index is 12.5. The number of hydrazine groups is 1. The molecule has 0 saturated carbocycles. The number of nitrogens with zero attached hydrogens (tertiary/aromatic N) is 1. The smallest absolute Gasteiger partial charge is 0.407 e. The predicted molar refractivity (Wildman–Crippen MR) is 106 cm³/mol. The van der Waals surface area contributed by atoms with E-state index in [-0.39, 0.29) is 17.4 Å². The van der Waals surface area contributed by atoms with Crippen molar-refractivity contribution in [2.24, 2.45) is 5.92 Å². The van der Waals surface area contributed by atoms with Crippen LogP contribution in [-0.4, -0.2) is 56.9 Å². The van der Waals surface area contributed by atoms with E-state index >= 15 is 0 Å². The normalized spacial score (nSPS) is 12.4. The highest BCUT2D eigenvalue weighted by molar-refractivity contribution is 7.89. The zero-order chi connectivity index (χ0) is 22.2. The molecule has 0 saturated heterocycles. The average Bonchev–Trinajstić information content (AvgIpc) is 2.64. The molecule has 0 bridgehead atoms. The molecule has 1 aromatic rings. The number of hydrogen-bond donors (Lipinski definition) is 3. The van der Waals surface area contributed by atoms with Crippen molar-refractivity contribution >= 4 is 27.9 Å². The van der Waals surface area contributed by atoms with E-state index in [1.165, 1.54) is 19.2 Å². The maximum absolute atomic E-state index is 12.5. The molecular weight excluding hydrogens is 400 g/mol. The number of benzene rings is 1. The molecule has 0 radical (unpaired) electrons. The average molecular weight is 429 g/mol. The molecule has 3 N–H and O–H groups in total. The van der Waals surface area contributed by atoms with Crippen molar-refractivity contribution in [2.45, 2.75) is 38.6 Å². The van der Waals surface area contributed by atoms with Crippen LogP contribution in [0.3, 0.4) is 0 Å². The number of hydrogen-bond acceptors (Lipinski definition) is 6. The Kier molecular flexibility index (Phi) is 9.05. The molecule has 0 heterocycles. The second-order valence-electron chi connectivity index (χ2n) is 6.70. The van der Waals surface area contributed by atoms with E-state index in [0.29, 0.717) is 0 Å². The minimum atomic E-state index is -3.86. The van der Waals surface area contributed by atoms with E-state index in [1.54, 1.807) is 32.9 Å². The number of aryl methyl sites for hydroxylation is 1. The minimum absolute atomic E-state index is 0.0564. The van der Waals surface area contributed by atoms with Gasteiger partial charge in [0.1, 0.15) is 6.04 Å². The number of ether oxygens (including phenoxy) is 1. The summed E-state index contributed by atoms with van der Waals surface area (Å²) in [6.45, 7) is 6.52. The van der Waals surface area contributed by atoms with Crippen LogP contribution in [0.15, 0.2) is 29.2 Å². The van der Waals surface area contributed by atoms with Crippen LogP contribution in [-0.2, 0) is 24.3 Å². The lowest BCUT2D eigenvalue weighted by molar-refractivity contribution is -0.130. The van der Waals surface area contributed by atoms with Gasteiger partial charge in [0.15, 0.2) is 0 Å². The molecule has 1 rings (SSSR count). The first kappa shape index (κ1) is 24.4. The standard InChI is InChI=1S/C18H28N4O6S/c1-6-28-18(25)19-16(12(2)3)17(24)21-20-15(23)11-22(5)29(26,27)14-9-7-13(4)8-10-14/h7-10,12,16H,6,11H2,1-5H3,(H,19,25)(H,20,23)(H,21,24). The molecule has 0 aliphatic carbocycles. The lowest BCUT2D eigenvalue weighted by Crippen LogP contribution is -2.55. The number of alkyl carbamates (subject to hydrolysis) is 1. The van der Waals surface area contributed by atoms with Gasteiger partial charge in [-0.15, -0.1) is 0 Å². The number of sulfonamides is 1. The molecule has 0 aliphatic rings. The van der Waals surface area contributed by atoms with E-state index in [2.05, 4.69) is 16.2 Å². The van der Waals surface area contributed by atoms with E-state index in [4.69, 9.17) is 4.74 Å². The first-order chi connectivity index (χ1) is 13.5. The van der Waals surface area contributed by atoms with Crippen LogP contribution >= 0.6 is 0 Å². The molecule has 0 spiro atoms. The van der Waals surface area contributed by atoms with E-state index in [9.17, 15) is 22.8 Å². The third-order valence-corrected chi connectivity index (χ3v) is 5.74. The van der Waals surface area contributed by atoms with Gasteiger partial charge in [-0.1, -0.05) is 31.5 Å². The molecule has 1 aromatic carbocycles. The monoisotopic (exact) mass is 428 g/mol. The van der Waals surface area contributed by atoms with Crippen LogP contribution in [0.5, 0.6) is 0 Å². The van der Waals surface area contributed by atoms with Crippen LogP contribution < -0.4 is 16.2 Å². The van der Waals surface area contributed by atoms with Crippen LogP contribution in [0.2, 0.25) is 0 Å². The van der Waals surface area contributed by atoms with Gasteiger partial charge in [-0.05, 0) is 31.9 Å². The zero-order valence-corrected chi connectivity index (χ0v) is 18.0. The Morgan fingerprint density at radius 1 is 1.10 bits per heavy atom. The number of carbonyl (C=O) groups excluding carboxylic acids is 3. The van der Waals surface area contributed by atoms with Crippen molar-refractivity contribution in [3.63, 3.8) is 0 Å².